The van der Waals surface area contributed by atoms with E-state index in [1.807, 2.05) is 50.2 Å². The molecule has 3 fully saturated rings. The van der Waals surface area contributed by atoms with Gasteiger partial charge in [0.15, 0.2) is 0 Å². The number of hydrogen-bond acceptors (Lipinski definition) is 4. The van der Waals surface area contributed by atoms with Gasteiger partial charge in [0.25, 0.3) is 0 Å². The van der Waals surface area contributed by atoms with Gasteiger partial charge < -0.3 is 14.8 Å². The highest BCUT2D eigenvalue weighted by molar-refractivity contribution is 5.97. The molecule has 1 aliphatic heterocycles. The molecule has 2 aliphatic carbocycles. The second-order valence-corrected chi connectivity index (χ2v) is 8.36. The largest absolute Gasteiger partial charge is 0.462 e. The van der Waals surface area contributed by atoms with E-state index >= 15 is 0 Å². The number of fused-ring (bicyclic) bond motifs is 1. The Morgan fingerprint density at radius 3 is 2.46 bits per heavy atom. The van der Waals surface area contributed by atoms with Gasteiger partial charge >= 0.3 is 5.97 Å². The highest BCUT2D eigenvalue weighted by Crippen LogP contribution is 2.57. The van der Waals surface area contributed by atoms with Crippen LogP contribution in [0.3, 0.4) is 0 Å². The van der Waals surface area contributed by atoms with Crippen molar-refractivity contribution >= 4 is 17.6 Å². The van der Waals surface area contributed by atoms with Crippen molar-refractivity contribution < 1.29 is 19.1 Å². The lowest BCUT2D eigenvalue weighted by atomic mass is 9.79. The summed E-state index contributed by atoms with van der Waals surface area (Å²) < 4.78 is 11.3. The normalized spacial score (nSPS) is 29.6. The highest BCUT2D eigenvalue weighted by Gasteiger charge is 2.63. The number of amides is 1. The Hall–Kier alpha value is -2.82. The fourth-order valence-electron chi connectivity index (χ4n) is 5.32. The van der Waals surface area contributed by atoms with Crippen LogP contribution in [0.2, 0.25) is 0 Å². The average molecular weight is 377 g/mol. The van der Waals surface area contributed by atoms with Crippen molar-refractivity contribution in [1.29, 1.82) is 0 Å². The molecule has 5 heteroatoms. The lowest BCUT2D eigenvalue weighted by molar-refractivity contribution is -0.145. The smallest absolute Gasteiger partial charge is 0.310 e. The molecule has 0 aromatic heterocycles. The SMILES string of the molecule is Cc1cc(C)cc(Oc2ccc(NC(=O)[C@@H]3[C@@H]4C[C@@H]5[C@H]3C(=O)O[C@H]5C4)cc2)c1. The molecular weight excluding hydrogens is 354 g/mol. The lowest BCUT2D eigenvalue weighted by Gasteiger charge is -2.23. The molecule has 1 amide bonds. The Morgan fingerprint density at radius 1 is 1.04 bits per heavy atom. The molecule has 2 aromatic carbocycles. The van der Waals surface area contributed by atoms with E-state index in [1.165, 1.54) is 0 Å². The van der Waals surface area contributed by atoms with Crippen molar-refractivity contribution in [2.45, 2.75) is 32.8 Å². The predicted molar refractivity (Wildman–Crippen MR) is 104 cm³/mol. The van der Waals surface area contributed by atoms with Crippen LogP contribution in [0.5, 0.6) is 11.5 Å². The Labute approximate surface area is 164 Å². The van der Waals surface area contributed by atoms with Gasteiger partial charge in [0.1, 0.15) is 17.6 Å². The van der Waals surface area contributed by atoms with E-state index in [2.05, 4.69) is 11.4 Å². The van der Waals surface area contributed by atoms with Gasteiger partial charge in [-0.2, -0.15) is 0 Å². The van der Waals surface area contributed by atoms with Crippen molar-refractivity contribution in [3.05, 3.63) is 53.6 Å². The molecule has 3 aliphatic rings. The lowest BCUT2D eigenvalue weighted by Crippen LogP contribution is -2.35. The molecule has 5 nitrogen and oxygen atoms in total. The van der Waals surface area contributed by atoms with Crippen molar-refractivity contribution in [2.75, 3.05) is 5.32 Å². The van der Waals surface area contributed by atoms with Crippen LogP contribution in [0.4, 0.5) is 5.69 Å². The molecule has 1 saturated heterocycles. The topological polar surface area (TPSA) is 64.6 Å². The predicted octanol–water partition coefficient (Wildman–Crippen LogP) is 4.23. The maximum Gasteiger partial charge on any atom is 0.310 e. The summed E-state index contributed by atoms with van der Waals surface area (Å²) in [7, 11) is 0. The third-order valence-electron chi connectivity index (χ3n) is 6.34. The van der Waals surface area contributed by atoms with Gasteiger partial charge in [0.2, 0.25) is 5.91 Å². The number of nitrogens with one attached hydrogen (secondary N) is 1. The first-order valence-electron chi connectivity index (χ1n) is 9.85. The van der Waals surface area contributed by atoms with E-state index < -0.39 is 0 Å². The van der Waals surface area contributed by atoms with Crippen LogP contribution >= 0.6 is 0 Å². The molecule has 5 rings (SSSR count). The van der Waals surface area contributed by atoms with Gasteiger partial charge in [0.05, 0.1) is 11.8 Å². The third kappa shape index (κ3) is 2.86. The maximum atomic E-state index is 12.8. The number of carbonyl (C=O) groups is 2. The minimum Gasteiger partial charge on any atom is -0.462 e. The van der Waals surface area contributed by atoms with E-state index in [-0.39, 0.29) is 41.7 Å². The molecule has 2 bridgehead atoms. The van der Waals surface area contributed by atoms with Crippen LogP contribution in [-0.4, -0.2) is 18.0 Å². The van der Waals surface area contributed by atoms with E-state index in [1.54, 1.807) is 0 Å². The molecule has 0 unspecified atom stereocenters. The zero-order valence-corrected chi connectivity index (χ0v) is 16.0. The van der Waals surface area contributed by atoms with E-state index in [9.17, 15) is 9.59 Å². The second kappa shape index (κ2) is 6.36. The van der Waals surface area contributed by atoms with Crippen LogP contribution in [-0.2, 0) is 14.3 Å². The number of benzene rings is 2. The number of aryl methyl sites for hydroxylation is 2. The molecule has 1 heterocycles. The summed E-state index contributed by atoms with van der Waals surface area (Å²) in [6.45, 7) is 4.08. The summed E-state index contributed by atoms with van der Waals surface area (Å²) in [5.74, 6) is 1.24. The molecule has 144 valence electrons. The van der Waals surface area contributed by atoms with Crippen LogP contribution in [0.15, 0.2) is 42.5 Å². The number of hydrogen-bond donors (Lipinski definition) is 1. The van der Waals surface area contributed by atoms with Gasteiger partial charge in [-0.1, -0.05) is 6.07 Å². The minimum atomic E-state index is -0.262. The number of esters is 1. The summed E-state index contributed by atoms with van der Waals surface area (Å²) >= 11 is 0. The van der Waals surface area contributed by atoms with E-state index in [0.29, 0.717) is 11.4 Å². The zero-order chi connectivity index (χ0) is 19.4. The standard InChI is InChI=1S/C23H23NO4/c1-12-7-13(2)9-17(8-12)27-16-5-3-15(4-6-16)24-22(25)20-14-10-18-19(11-14)28-23(26)21(18)20/h3-9,14,18-21H,10-11H2,1-2H3,(H,24,25)/t14-,18+,19+,20-,21-/m1/s1. The van der Waals surface area contributed by atoms with Crippen LogP contribution in [0.1, 0.15) is 24.0 Å². The number of carbonyl (C=O) groups excluding carboxylic acids is 2. The molecular formula is C23H23NO4. The Morgan fingerprint density at radius 2 is 1.75 bits per heavy atom. The van der Waals surface area contributed by atoms with Gasteiger partial charge in [-0.05, 0) is 80.1 Å². The monoisotopic (exact) mass is 377 g/mol. The fourth-order valence-corrected chi connectivity index (χ4v) is 5.32. The first kappa shape index (κ1) is 17.3. The van der Waals surface area contributed by atoms with Crippen molar-refractivity contribution in [3.8, 4) is 11.5 Å². The van der Waals surface area contributed by atoms with Crippen molar-refractivity contribution in [1.82, 2.24) is 0 Å². The van der Waals surface area contributed by atoms with Gasteiger partial charge in [0, 0.05) is 11.6 Å². The van der Waals surface area contributed by atoms with Gasteiger partial charge in [-0.3, -0.25) is 9.59 Å². The summed E-state index contributed by atoms with van der Waals surface area (Å²) in [6.07, 6.45) is 1.81. The zero-order valence-electron chi connectivity index (χ0n) is 16.0. The van der Waals surface area contributed by atoms with Crippen LogP contribution in [0.25, 0.3) is 0 Å². The molecule has 0 radical (unpaired) electrons. The average Bonchev–Trinajstić information content (AvgIpc) is 3.25. The van der Waals surface area contributed by atoms with Crippen molar-refractivity contribution in [2.24, 2.45) is 23.7 Å². The quantitative estimate of drug-likeness (QED) is 0.810. The third-order valence-corrected chi connectivity index (χ3v) is 6.34. The Kier molecular flexibility index (Phi) is 3.93. The number of ether oxygens (including phenoxy) is 2. The Balaban J connectivity index is 1.26. The Bertz CT molecular complexity index is 929. The fraction of sp³-hybridized carbons (Fsp3) is 0.391. The second-order valence-electron chi connectivity index (χ2n) is 8.36. The highest BCUT2D eigenvalue weighted by atomic mass is 16.6. The van der Waals surface area contributed by atoms with E-state index in [0.717, 1.165) is 29.7 Å². The summed E-state index contributed by atoms with van der Waals surface area (Å²) in [6, 6.07) is 13.4. The summed E-state index contributed by atoms with van der Waals surface area (Å²) in [5, 5.41) is 2.98. The maximum absolute atomic E-state index is 12.8. The molecule has 5 atom stereocenters. The summed E-state index contributed by atoms with van der Waals surface area (Å²) in [4.78, 5) is 24.9. The van der Waals surface area contributed by atoms with Gasteiger partial charge in [-0.15, -0.1) is 0 Å². The van der Waals surface area contributed by atoms with Crippen LogP contribution < -0.4 is 10.1 Å². The molecule has 28 heavy (non-hydrogen) atoms. The first-order valence-corrected chi connectivity index (χ1v) is 9.85. The van der Waals surface area contributed by atoms with Gasteiger partial charge in [-0.25, -0.2) is 0 Å². The first-order chi connectivity index (χ1) is 13.5. The summed E-state index contributed by atoms with van der Waals surface area (Å²) in [5.41, 5.74) is 3.01. The molecule has 2 saturated carbocycles. The minimum absolute atomic E-state index is 0.0493. The number of rotatable bonds is 4. The molecule has 2 aromatic rings. The molecule has 1 N–H and O–H groups in total. The van der Waals surface area contributed by atoms with Crippen LogP contribution in [0, 0.1) is 37.5 Å². The molecule has 0 spiro atoms. The number of anilines is 1. The van der Waals surface area contributed by atoms with E-state index in [4.69, 9.17) is 9.47 Å². The van der Waals surface area contributed by atoms with Crippen molar-refractivity contribution in [3.63, 3.8) is 0 Å².